The van der Waals surface area contributed by atoms with Crippen LogP contribution in [0.3, 0.4) is 0 Å². The average Bonchev–Trinajstić information content (AvgIpc) is 2.66. The third-order valence-corrected chi connectivity index (χ3v) is 4.41. The summed E-state index contributed by atoms with van der Waals surface area (Å²) in [6.45, 7) is 8.29. The summed E-state index contributed by atoms with van der Waals surface area (Å²) in [5.41, 5.74) is 4.82. The highest BCUT2D eigenvalue weighted by molar-refractivity contribution is 6.07. The summed E-state index contributed by atoms with van der Waals surface area (Å²) in [6, 6.07) is -0.227. The van der Waals surface area contributed by atoms with Gasteiger partial charge in [0.2, 0.25) is 0 Å². The maximum Gasteiger partial charge on any atom is 0.325 e. The van der Waals surface area contributed by atoms with Crippen molar-refractivity contribution in [3.05, 3.63) is 0 Å². The molecule has 0 bridgehead atoms. The molecule has 120 valence electrons. The average molecular weight is 296 g/mol. The van der Waals surface area contributed by atoms with Gasteiger partial charge in [0.15, 0.2) is 0 Å². The van der Waals surface area contributed by atoms with E-state index in [1.807, 2.05) is 0 Å². The first-order chi connectivity index (χ1) is 9.98. The molecule has 0 saturated carbocycles. The first kappa shape index (κ1) is 16.2. The van der Waals surface area contributed by atoms with Crippen molar-refractivity contribution < 1.29 is 9.59 Å². The number of nitrogens with one attached hydrogen (secondary N) is 1. The molecule has 0 unspecified atom stereocenters. The molecule has 3 N–H and O–H groups in total. The van der Waals surface area contributed by atoms with Crippen LogP contribution in [0.25, 0.3) is 0 Å². The van der Waals surface area contributed by atoms with Crippen LogP contribution in [0.1, 0.15) is 39.5 Å². The van der Waals surface area contributed by atoms with Crippen molar-refractivity contribution >= 4 is 11.9 Å². The molecule has 0 aromatic rings. The maximum atomic E-state index is 12.6. The van der Waals surface area contributed by atoms with Crippen LogP contribution in [-0.2, 0) is 4.79 Å². The van der Waals surface area contributed by atoms with Crippen LogP contribution in [0.5, 0.6) is 0 Å². The predicted molar refractivity (Wildman–Crippen MR) is 81.8 cm³/mol. The summed E-state index contributed by atoms with van der Waals surface area (Å²) < 4.78 is 0. The number of nitrogens with zero attached hydrogens (tertiary/aromatic N) is 2. The molecular formula is C15H28N4O2. The number of unbranched alkanes of at least 4 members (excludes halogenated alkanes) is 1. The summed E-state index contributed by atoms with van der Waals surface area (Å²) in [7, 11) is 0. The van der Waals surface area contributed by atoms with Crippen molar-refractivity contribution in [1.82, 2.24) is 15.1 Å². The molecule has 0 aromatic carbocycles. The van der Waals surface area contributed by atoms with E-state index in [0.29, 0.717) is 19.0 Å². The van der Waals surface area contributed by atoms with Gasteiger partial charge in [0.1, 0.15) is 5.54 Å². The number of likely N-dealkylation sites (tertiary alicyclic amines) is 1. The van der Waals surface area contributed by atoms with Crippen LogP contribution in [0.2, 0.25) is 0 Å². The number of rotatable bonds is 6. The minimum atomic E-state index is -0.646. The largest absolute Gasteiger partial charge is 0.330 e. The normalized spacial score (nSPS) is 22.4. The minimum absolute atomic E-state index is 0.0336. The molecule has 3 amide bonds. The third-order valence-electron chi connectivity index (χ3n) is 4.41. The Balaban J connectivity index is 1.92. The highest BCUT2D eigenvalue weighted by Crippen LogP contribution is 2.29. The van der Waals surface area contributed by atoms with Gasteiger partial charge in [-0.2, -0.15) is 0 Å². The molecule has 21 heavy (non-hydrogen) atoms. The summed E-state index contributed by atoms with van der Waals surface area (Å²) in [6.07, 6.45) is 3.06. The van der Waals surface area contributed by atoms with Gasteiger partial charge >= 0.3 is 6.03 Å². The third kappa shape index (κ3) is 3.55. The van der Waals surface area contributed by atoms with Crippen LogP contribution >= 0.6 is 0 Å². The molecular weight excluding hydrogens is 268 g/mol. The molecule has 0 radical (unpaired) electrons. The fraction of sp³-hybridized carbons (Fsp3) is 0.867. The Labute approximate surface area is 127 Å². The van der Waals surface area contributed by atoms with Gasteiger partial charge in [0.05, 0.1) is 0 Å². The van der Waals surface area contributed by atoms with Crippen molar-refractivity contribution in [2.45, 2.75) is 45.1 Å². The second kappa shape index (κ2) is 6.75. The smallest absolute Gasteiger partial charge is 0.325 e. The lowest BCUT2D eigenvalue weighted by atomic mass is 9.87. The number of amides is 3. The Morgan fingerprint density at radius 2 is 1.90 bits per heavy atom. The van der Waals surface area contributed by atoms with Gasteiger partial charge in [-0.15, -0.1) is 0 Å². The zero-order valence-electron chi connectivity index (χ0n) is 13.2. The second-order valence-corrected chi connectivity index (χ2v) is 6.66. The summed E-state index contributed by atoms with van der Waals surface area (Å²) >= 11 is 0. The van der Waals surface area contributed by atoms with E-state index in [1.165, 1.54) is 4.90 Å². The molecule has 1 spiro atoms. The van der Waals surface area contributed by atoms with Crippen molar-refractivity contribution in [1.29, 1.82) is 0 Å². The molecule has 6 heteroatoms. The van der Waals surface area contributed by atoms with Crippen LogP contribution in [0.4, 0.5) is 4.79 Å². The lowest BCUT2D eigenvalue weighted by Crippen LogP contribution is -2.55. The van der Waals surface area contributed by atoms with E-state index < -0.39 is 5.54 Å². The monoisotopic (exact) mass is 296 g/mol. The fourth-order valence-electron chi connectivity index (χ4n) is 3.27. The summed E-state index contributed by atoms with van der Waals surface area (Å²) in [5, 5.41) is 2.95. The second-order valence-electron chi connectivity index (χ2n) is 6.66. The number of carbonyl (C=O) groups excluding carboxylic acids is 2. The lowest BCUT2D eigenvalue weighted by Gasteiger charge is -2.38. The van der Waals surface area contributed by atoms with E-state index in [2.05, 4.69) is 24.1 Å². The van der Waals surface area contributed by atoms with Crippen LogP contribution in [0.15, 0.2) is 0 Å². The van der Waals surface area contributed by atoms with Gasteiger partial charge in [-0.05, 0) is 38.1 Å². The van der Waals surface area contributed by atoms with E-state index in [-0.39, 0.29) is 11.9 Å². The molecule has 2 fully saturated rings. The first-order valence-corrected chi connectivity index (χ1v) is 8.05. The van der Waals surface area contributed by atoms with E-state index in [1.54, 1.807) is 0 Å². The Hall–Kier alpha value is -1.14. The van der Waals surface area contributed by atoms with Gasteiger partial charge in [0, 0.05) is 26.2 Å². The van der Waals surface area contributed by atoms with Crippen molar-refractivity contribution in [3.63, 3.8) is 0 Å². The predicted octanol–water partition coefficient (Wildman–Crippen LogP) is 0.768. The Kier molecular flexibility index (Phi) is 5.22. The fourth-order valence-corrected chi connectivity index (χ4v) is 3.27. The number of carbonyl (C=O) groups is 2. The maximum absolute atomic E-state index is 12.6. The van der Waals surface area contributed by atoms with Gasteiger partial charge in [0.25, 0.3) is 5.91 Å². The van der Waals surface area contributed by atoms with E-state index >= 15 is 0 Å². The topological polar surface area (TPSA) is 78.7 Å². The zero-order valence-corrected chi connectivity index (χ0v) is 13.2. The van der Waals surface area contributed by atoms with Gasteiger partial charge in [-0.1, -0.05) is 13.8 Å². The molecule has 0 aromatic heterocycles. The zero-order chi connectivity index (χ0) is 15.5. The summed E-state index contributed by atoms with van der Waals surface area (Å²) in [4.78, 5) is 28.4. The molecule has 2 rings (SSSR count). The Morgan fingerprint density at radius 3 is 2.48 bits per heavy atom. The first-order valence-electron chi connectivity index (χ1n) is 8.05. The number of piperidine rings is 1. The lowest BCUT2D eigenvalue weighted by molar-refractivity contribution is -0.133. The highest BCUT2D eigenvalue weighted by atomic mass is 16.2. The van der Waals surface area contributed by atoms with E-state index in [4.69, 9.17) is 5.73 Å². The van der Waals surface area contributed by atoms with Gasteiger partial charge in [-0.3, -0.25) is 9.69 Å². The van der Waals surface area contributed by atoms with Crippen molar-refractivity contribution in [2.75, 3.05) is 32.7 Å². The highest BCUT2D eigenvalue weighted by Gasteiger charge is 2.51. The standard InChI is InChI=1S/C15H28N4O2/c1-12(2)11-18-9-5-15(6-10-18)13(20)19(14(21)17-15)8-4-3-7-16/h12H,3-11,16H2,1-2H3,(H,17,21). The number of urea groups is 1. The van der Waals surface area contributed by atoms with Crippen LogP contribution in [0, 0.1) is 5.92 Å². The minimum Gasteiger partial charge on any atom is -0.330 e. The van der Waals surface area contributed by atoms with E-state index in [0.717, 1.165) is 45.3 Å². The van der Waals surface area contributed by atoms with Crippen molar-refractivity contribution in [2.24, 2.45) is 11.7 Å². The summed E-state index contributed by atoms with van der Waals surface area (Å²) in [5.74, 6) is 0.592. The molecule has 2 heterocycles. The molecule has 6 nitrogen and oxygen atoms in total. The number of hydrogen-bond acceptors (Lipinski definition) is 4. The van der Waals surface area contributed by atoms with Crippen molar-refractivity contribution in [3.8, 4) is 0 Å². The Morgan fingerprint density at radius 1 is 1.24 bits per heavy atom. The number of imide groups is 1. The number of nitrogens with two attached hydrogens (primary N) is 1. The molecule has 0 aliphatic carbocycles. The molecule has 0 atom stereocenters. The Bertz CT molecular complexity index is 389. The molecule has 2 saturated heterocycles. The van der Waals surface area contributed by atoms with Crippen LogP contribution in [-0.4, -0.2) is 60.0 Å². The van der Waals surface area contributed by atoms with Crippen LogP contribution < -0.4 is 11.1 Å². The quantitative estimate of drug-likeness (QED) is 0.560. The molecule has 2 aliphatic rings. The molecule has 2 aliphatic heterocycles. The SMILES string of the molecule is CC(C)CN1CCC2(CC1)NC(=O)N(CCCCN)C2=O. The van der Waals surface area contributed by atoms with Gasteiger partial charge < -0.3 is 16.0 Å². The number of hydrogen-bond donors (Lipinski definition) is 2. The van der Waals surface area contributed by atoms with E-state index in [9.17, 15) is 9.59 Å². The van der Waals surface area contributed by atoms with Gasteiger partial charge in [-0.25, -0.2) is 4.79 Å².